The molecule has 0 aliphatic heterocycles. The van der Waals surface area contributed by atoms with Gasteiger partial charge in [0.15, 0.2) is 0 Å². The van der Waals surface area contributed by atoms with Crippen molar-refractivity contribution >= 4 is 46.1 Å². The normalized spacial score (nSPS) is 13.0. The number of aromatic nitrogens is 1. The molecule has 2 heterocycles. The second-order valence-corrected chi connectivity index (χ2v) is 9.23. The summed E-state index contributed by atoms with van der Waals surface area (Å²) >= 11 is 9.12. The Morgan fingerprint density at radius 1 is 1.26 bits per heavy atom. The molecule has 0 aliphatic rings. The zero-order valence-electron chi connectivity index (χ0n) is 16.7. The third kappa shape index (κ3) is 5.90. The van der Waals surface area contributed by atoms with Gasteiger partial charge in [0.1, 0.15) is 5.70 Å². The zero-order chi connectivity index (χ0) is 22.6. The molecule has 3 aromatic rings. The van der Waals surface area contributed by atoms with Gasteiger partial charge in [-0.2, -0.15) is 13.2 Å². The van der Waals surface area contributed by atoms with Crippen molar-refractivity contribution in [3.8, 4) is 10.4 Å². The van der Waals surface area contributed by atoms with Crippen LogP contribution in [0.3, 0.4) is 0 Å². The summed E-state index contributed by atoms with van der Waals surface area (Å²) in [4.78, 5) is 10.3. The van der Waals surface area contributed by atoms with Gasteiger partial charge in [0, 0.05) is 16.6 Å². The number of nitrogens with two attached hydrogens (primary N) is 1. The highest BCUT2D eigenvalue weighted by Gasteiger charge is 2.32. The predicted molar refractivity (Wildman–Crippen MR) is 125 cm³/mol. The zero-order valence-corrected chi connectivity index (χ0v) is 19.1. The van der Waals surface area contributed by atoms with Gasteiger partial charge < -0.3 is 5.73 Å². The molecule has 3 nitrogen and oxygen atoms in total. The van der Waals surface area contributed by atoms with Crippen LogP contribution in [-0.2, 0) is 0 Å². The number of nitrogens with zero attached hydrogens (tertiary/aromatic N) is 2. The highest BCUT2D eigenvalue weighted by molar-refractivity contribution is 7.99. The summed E-state index contributed by atoms with van der Waals surface area (Å²) in [6, 6.07) is 12.3. The van der Waals surface area contributed by atoms with Gasteiger partial charge >= 0.3 is 6.18 Å². The Kier molecular flexibility index (Phi) is 7.46. The number of hydrogen-bond donors (Lipinski definition) is 1. The molecule has 0 bridgehead atoms. The molecule has 162 valence electrons. The number of thioether (sulfide) groups is 1. The van der Waals surface area contributed by atoms with E-state index in [4.69, 9.17) is 17.3 Å². The highest BCUT2D eigenvalue weighted by atomic mass is 35.5. The molecule has 0 radical (unpaired) electrons. The van der Waals surface area contributed by atoms with Gasteiger partial charge in [0.05, 0.1) is 26.3 Å². The molecule has 0 spiro atoms. The van der Waals surface area contributed by atoms with Crippen LogP contribution in [0.1, 0.15) is 17.4 Å². The van der Waals surface area contributed by atoms with Crippen LogP contribution < -0.4 is 5.73 Å². The predicted octanol–water partition coefficient (Wildman–Crippen LogP) is 7.41. The Bertz CT molecular complexity index is 1140. The van der Waals surface area contributed by atoms with Crippen LogP contribution in [-0.4, -0.2) is 22.6 Å². The lowest BCUT2D eigenvalue weighted by molar-refractivity contribution is -0.0925. The molecule has 0 amide bonds. The lowest BCUT2D eigenvalue weighted by Gasteiger charge is -2.08. The van der Waals surface area contributed by atoms with E-state index in [9.17, 15) is 13.2 Å². The molecule has 0 unspecified atom stereocenters. The number of aryl methyl sites for hydroxylation is 1. The fourth-order valence-corrected chi connectivity index (χ4v) is 4.49. The third-order valence-electron chi connectivity index (χ3n) is 4.17. The van der Waals surface area contributed by atoms with E-state index in [1.54, 1.807) is 48.3 Å². The first kappa shape index (κ1) is 23.4. The molecule has 0 aliphatic carbocycles. The van der Waals surface area contributed by atoms with E-state index in [0.29, 0.717) is 15.6 Å². The van der Waals surface area contributed by atoms with Crippen molar-refractivity contribution in [1.29, 1.82) is 0 Å². The van der Waals surface area contributed by atoms with Gasteiger partial charge in [-0.05, 0) is 54.6 Å². The minimum Gasteiger partial charge on any atom is -0.395 e. The van der Waals surface area contributed by atoms with Crippen molar-refractivity contribution in [1.82, 2.24) is 4.98 Å². The number of thiophene rings is 1. The minimum atomic E-state index is -4.66. The van der Waals surface area contributed by atoms with E-state index in [2.05, 4.69) is 16.9 Å². The Labute approximate surface area is 191 Å². The van der Waals surface area contributed by atoms with E-state index in [0.717, 1.165) is 32.9 Å². The number of para-hydroxylation sites is 1. The third-order valence-corrected chi connectivity index (χ3v) is 6.63. The first-order valence-corrected chi connectivity index (χ1v) is 11.4. The number of allylic oxidation sites excluding steroid dienone is 2. The molecule has 9 heteroatoms. The first-order valence-electron chi connectivity index (χ1n) is 9.26. The molecule has 31 heavy (non-hydrogen) atoms. The number of aliphatic imine (C=N–C) groups is 1. The second-order valence-electron chi connectivity index (χ2n) is 6.49. The standard InChI is InChI=1S/C22H19ClF3N3S2/c1-3-30-21-13(2)10-14(12-28-21)18-8-9-19(31-18)17(11-20(27)22(24,25)26)29-16-7-5-4-6-15(16)23/h4-12H,3,27H2,1-2H3. The molecule has 2 aromatic heterocycles. The number of pyridine rings is 1. The second kappa shape index (κ2) is 9.89. The van der Waals surface area contributed by atoms with E-state index in [1.807, 2.05) is 19.1 Å². The summed E-state index contributed by atoms with van der Waals surface area (Å²) in [5.74, 6) is 0.922. The van der Waals surface area contributed by atoms with Crippen molar-refractivity contribution in [2.75, 3.05) is 5.75 Å². The number of benzene rings is 1. The molecule has 0 atom stereocenters. The van der Waals surface area contributed by atoms with Gasteiger partial charge in [-0.1, -0.05) is 30.7 Å². The fraction of sp³-hybridized carbons (Fsp3) is 0.182. The maximum Gasteiger partial charge on any atom is 0.430 e. The number of rotatable bonds is 6. The molecular formula is C22H19ClF3N3S2. The quantitative estimate of drug-likeness (QED) is 0.294. The molecule has 0 saturated carbocycles. The first-order chi connectivity index (χ1) is 14.7. The van der Waals surface area contributed by atoms with Crippen molar-refractivity contribution in [3.63, 3.8) is 0 Å². The average molecular weight is 482 g/mol. The Morgan fingerprint density at radius 3 is 2.65 bits per heavy atom. The fourth-order valence-electron chi connectivity index (χ4n) is 2.68. The van der Waals surface area contributed by atoms with E-state index in [-0.39, 0.29) is 5.71 Å². The summed E-state index contributed by atoms with van der Waals surface area (Å²) in [7, 11) is 0. The molecule has 1 aromatic carbocycles. The van der Waals surface area contributed by atoms with Crippen LogP contribution in [0.25, 0.3) is 10.4 Å². The smallest absolute Gasteiger partial charge is 0.395 e. The molecule has 3 rings (SSSR count). The molecule has 0 fully saturated rings. The van der Waals surface area contributed by atoms with E-state index < -0.39 is 11.9 Å². The van der Waals surface area contributed by atoms with Gasteiger partial charge in [-0.15, -0.1) is 23.1 Å². The number of halogens is 4. The molecule has 0 saturated heterocycles. The van der Waals surface area contributed by atoms with Gasteiger partial charge in [-0.25, -0.2) is 9.98 Å². The average Bonchev–Trinajstić information content (AvgIpc) is 3.20. The van der Waals surface area contributed by atoms with Crippen LogP contribution in [0.15, 0.2) is 70.5 Å². The van der Waals surface area contributed by atoms with Gasteiger partial charge in [0.25, 0.3) is 0 Å². The van der Waals surface area contributed by atoms with Crippen molar-refractivity contribution < 1.29 is 13.2 Å². The van der Waals surface area contributed by atoms with Crippen LogP contribution in [0.5, 0.6) is 0 Å². The van der Waals surface area contributed by atoms with Crippen molar-refractivity contribution in [2.24, 2.45) is 10.7 Å². The summed E-state index contributed by atoms with van der Waals surface area (Å²) in [6.07, 6.45) is -2.05. The summed E-state index contributed by atoms with van der Waals surface area (Å²) in [5.41, 5.74) is 6.43. The summed E-state index contributed by atoms with van der Waals surface area (Å²) in [6.45, 7) is 4.05. The highest BCUT2D eigenvalue weighted by Crippen LogP contribution is 2.33. The molecular weight excluding hydrogens is 463 g/mol. The summed E-state index contributed by atoms with van der Waals surface area (Å²) in [5, 5.41) is 1.30. The van der Waals surface area contributed by atoms with Crippen LogP contribution in [0.4, 0.5) is 18.9 Å². The SMILES string of the molecule is CCSc1ncc(-c2ccc(C(C=C(N)C(F)(F)F)=Nc3ccccc3Cl)s2)cc1C. The van der Waals surface area contributed by atoms with E-state index in [1.165, 1.54) is 11.3 Å². The topological polar surface area (TPSA) is 51.3 Å². The monoisotopic (exact) mass is 481 g/mol. The Hall–Kier alpha value is -2.29. The van der Waals surface area contributed by atoms with Crippen LogP contribution >= 0.6 is 34.7 Å². The molecule has 2 N–H and O–H groups in total. The largest absolute Gasteiger partial charge is 0.430 e. The van der Waals surface area contributed by atoms with Crippen LogP contribution in [0.2, 0.25) is 5.02 Å². The lowest BCUT2D eigenvalue weighted by atomic mass is 10.2. The number of alkyl halides is 3. The Morgan fingerprint density at radius 2 is 2.00 bits per heavy atom. The maximum absolute atomic E-state index is 13.1. The lowest BCUT2D eigenvalue weighted by Crippen LogP contribution is -2.20. The number of hydrogen-bond acceptors (Lipinski definition) is 5. The van der Waals surface area contributed by atoms with Crippen LogP contribution in [0, 0.1) is 6.92 Å². The maximum atomic E-state index is 13.1. The summed E-state index contributed by atoms with van der Waals surface area (Å²) < 4.78 is 39.2. The Balaban J connectivity index is 2.04. The van der Waals surface area contributed by atoms with E-state index >= 15 is 0 Å². The van der Waals surface area contributed by atoms with Gasteiger partial charge in [-0.3, -0.25) is 0 Å². The minimum absolute atomic E-state index is 0.0852. The van der Waals surface area contributed by atoms with Crippen molar-refractivity contribution in [2.45, 2.75) is 25.0 Å². The van der Waals surface area contributed by atoms with Gasteiger partial charge in [0.2, 0.25) is 0 Å². The van der Waals surface area contributed by atoms with Crippen molar-refractivity contribution in [3.05, 3.63) is 75.9 Å².